The molecule has 0 spiro atoms. The molecule has 0 aliphatic rings. The second-order valence-corrected chi connectivity index (χ2v) is 2.81. The van der Waals surface area contributed by atoms with Gasteiger partial charge in [-0.1, -0.05) is 13.0 Å². The lowest BCUT2D eigenvalue weighted by molar-refractivity contribution is -0.117. The van der Waals surface area contributed by atoms with Crippen molar-refractivity contribution in [1.29, 1.82) is 0 Å². The van der Waals surface area contributed by atoms with Crippen LogP contribution in [0.1, 0.15) is 33.1 Å². The van der Waals surface area contributed by atoms with Crippen molar-refractivity contribution in [3.63, 3.8) is 0 Å². The van der Waals surface area contributed by atoms with Gasteiger partial charge in [0, 0.05) is 6.42 Å². The third-order valence-corrected chi connectivity index (χ3v) is 1.59. The van der Waals surface area contributed by atoms with E-state index in [4.69, 9.17) is 0 Å². The Kier molecular flexibility index (Phi) is 4.91. The van der Waals surface area contributed by atoms with Gasteiger partial charge in [0.2, 0.25) is 0 Å². The van der Waals surface area contributed by atoms with E-state index >= 15 is 0 Å². The lowest BCUT2D eigenvalue weighted by Gasteiger charge is -2.02. The van der Waals surface area contributed by atoms with Crippen molar-refractivity contribution in [3.8, 4) is 0 Å². The summed E-state index contributed by atoms with van der Waals surface area (Å²) < 4.78 is 0. The van der Waals surface area contributed by atoms with Crippen molar-refractivity contribution in [1.82, 2.24) is 0 Å². The summed E-state index contributed by atoms with van der Waals surface area (Å²) in [5.74, 6) is 0.843. The third kappa shape index (κ3) is 5.54. The minimum Gasteiger partial charge on any atom is -0.300 e. The molecule has 1 atom stereocenters. The Morgan fingerprint density at radius 2 is 2.30 bits per heavy atom. The molecule has 0 aromatic heterocycles. The van der Waals surface area contributed by atoms with Gasteiger partial charge < -0.3 is 4.79 Å². The van der Waals surface area contributed by atoms with Crippen LogP contribution in [0.15, 0.2) is 12.7 Å². The predicted octanol–water partition coefficient (Wildman–Crippen LogP) is 2.57. The van der Waals surface area contributed by atoms with Gasteiger partial charge >= 0.3 is 0 Å². The molecule has 0 aliphatic carbocycles. The second-order valence-electron chi connectivity index (χ2n) is 2.81. The molecule has 0 aromatic rings. The summed E-state index contributed by atoms with van der Waals surface area (Å²) in [6.45, 7) is 7.43. The monoisotopic (exact) mass is 140 g/mol. The Balaban J connectivity index is 3.19. The van der Waals surface area contributed by atoms with Crippen LogP contribution < -0.4 is 0 Å². The molecule has 0 radical (unpaired) electrons. The van der Waals surface area contributed by atoms with E-state index in [1.54, 1.807) is 6.92 Å². The zero-order valence-corrected chi connectivity index (χ0v) is 6.89. The van der Waals surface area contributed by atoms with Crippen molar-refractivity contribution in [2.24, 2.45) is 5.92 Å². The van der Waals surface area contributed by atoms with Gasteiger partial charge in [0.25, 0.3) is 0 Å². The Morgan fingerprint density at radius 3 is 2.70 bits per heavy atom. The minimum atomic E-state index is 0.288. The zero-order chi connectivity index (χ0) is 7.98. The first kappa shape index (κ1) is 9.41. The Hall–Kier alpha value is -0.590. The molecule has 0 fully saturated rings. The average Bonchev–Trinajstić information content (AvgIpc) is 1.87. The van der Waals surface area contributed by atoms with Crippen molar-refractivity contribution < 1.29 is 4.79 Å². The fraction of sp³-hybridized carbons (Fsp3) is 0.667. The van der Waals surface area contributed by atoms with Crippen molar-refractivity contribution >= 4 is 5.78 Å². The van der Waals surface area contributed by atoms with Crippen LogP contribution in [0.5, 0.6) is 0 Å². The molecule has 0 aromatic carbocycles. The van der Waals surface area contributed by atoms with Crippen molar-refractivity contribution in [2.75, 3.05) is 0 Å². The molecule has 0 heterocycles. The molecule has 0 bridgehead atoms. The fourth-order valence-electron chi connectivity index (χ4n) is 0.791. The smallest absolute Gasteiger partial charge is 0.129 e. The lowest BCUT2D eigenvalue weighted by Crippen LogP contribution is -1.93. The van der Waals surface area contributed by atoms with Crippen molar-refractivity contribution in [3.05, 3.63) is 12.7 Å². The molecule has 0 unspecified atom stereocenters. The minimum absolute atomic E-state index is 0.288. The maximum absolute atomic E-state index is 10.5. The van der Waals surface area contributed by atoms with E-state index in [0.29, 0.717) is 5.92 Å². The van der Waals surface area contributed by atoms with Gasteiger partial charge in [-0.25, -0.2) is 0 Å². The van der Waals surface area contributed by atoms with Crippen LogP contribution >= 0.6 is 0 Å². The molecule has 0 rings (SSSR count). The molecular formula is C9H16O. The molecular weight excluding hydrogens is 124 g/mol. The van der Waals surface area contributed by atoms with E-state index in [-0.39, 0.29) is 5.78 Å². The van der Waals surface area contributed by atoms with Crippen LogP contribution in [-0.2, 0) is 4.79 Å². The lowest BCUT2D eigenvalue weighted by atomic mass is 10.0. The van der Waals surface area contributed by atoms with E-state index in [1.807, 2.05) is 6.08 Å². The first-order valence-corrected chi connectivity index (χ1v) is 3.78. The molecule has 0 saturated carbocycles. The van der Waals surface area contributed by atoms with Crippen LogP contribution in [0.2, 0.25) is 0 Å². The van der Waals surface area contributed by atoms with Gasteiger partial charge in [0.15, 0.2) is 0 Å². The first-order valence-electron chi connectivity index (χ1n) is 3.78. The number of Topliss-reactive ketones (excluding diaryl/α,β-unsaturated/α-hetero) is 1. The van der Waals surface area contributed by atoms with Crippen LogP contribution in [0.4, 0.5) is 0 Å². The molecule has 1 heteroatoms. The van der Waals surface area contributed by atoms with Gasteiger partial charge in [-0.05, 0) is 25.7 Å². The third-order valence-electron chi connectivity index (χ3n) is 1.59. The number of hydrogen-bond acceptors (Lipinski definition) is 1. The van der Waals surface area contributed by atoms with Crippen LogP contribution in [0, 0.1) is 5.92 Å². The summed E-state index contributed by atoms with van der Waals surface area (Å²) >= 11 is 0. The molecule has 58 valence electrons. The molecule has 0 amide bonds. The van der Waals surface area contributed by atoms with Gasteiger partial charge in [0.1, 0.15) is 5.78 Å². The largest absolute Gasteiger partial charge is 0.300 e. The number of carbonyl (C=O) groups is 1. The highest BCUT2D eigenvalue weighted by Gasteiger charge is 1.97. The normalized spacial score (nSPS) is 12.6. The number of allylic oxidation sites excluding steroid dienone is 1. The molecule has 0 aliphatic heterocycles. The van der Waals surface area contributed by atoms with Crippen molar-refractivity contribution in [2.45, 2.75) is 33.1 Å². The van der Waals surface area contributed by atoms with Gasteiger partial charge in [-0.15, -0.1) is 6.58 Å². The summed E-state index contributed by atoms with van der Waals surface area (Å²) in [5.41, 5.74) is 0. The van der Waals surface area contributed by atoms with Gasteiger partial charge in [-0.2, -0.15) is 0 Å². The van der Waals surface area contributed by atoms with E-state index in [9.17, 15) is 4.79 Å². The van der Waals surface area contributed by atoms with E-state index < -0.39 is 0 Å². The number of carbonyl (C=O) groups excluding carboxylic acids is 1. The number of ketones is 1. The SMILES string of the molecule is C=C[C@@H](C)CCCC(C)=O. The van der Waals surface area contributed by atoms with Gasteiger partial charge in [0.05, 0.1) is 0 Å². The highest BCUT2D eigenvalue weighted by Crippen LogP contribution is 2.07. The fourth-order valence-corrected chi connectivity index (χ4v) is 0.791. The summed E-state index contributed by atoms with van der Waals surface area (Å²) in [7, 11) is 0. The maximum Gasteiger partial charge on any atom is 0.129 e. The van der Waals surface area contributed by atoms with E-state index in [0.717, 1.165) is 19.3 Å². The summed E-state index contributed by atoms with van der Waals surface area (Å²) in [6, 6.07) is 0. The molecule has 10 heavy (non-hydrogen) atoms. The average molecular weight is 140 g/mol. The molecule has 0 N–H and O–H groups in total. The summed E-state index contributed by atoms with van der Waals surface area (Å²) in [5, 5.41) is 0. The predicted molar refractivity (Wildman–Crippen MR) is 43.9 cm³/mol. The highest BCUT2D eigenvalue weighted by atomic mass is 16.1. The Morgan fingerprint density at radius 1 is 1.70 bits per heavy atom. The summed E-state index contributed by atoms with van der Waals surface area (Å²) in [4.78, 5) is 10.5. The topological polar surface area (TPSA) is 17.1 Å². The molecule has 1 nitrogen and oxygen atoms in total. The summed E-state index contributed by atoms with van der Waals surface area (Å²) in [6.07, 6.45) is 4.74. The maximum atomic E-state index is 10.5. The standard InChI is InChI=1S/C9H16O/c1-4-8(2)6-5-7-9(3)10/h4,8H,1,5-7H2,2-3H3/t8-/m1/s1. The van der Waals surface area contributed by atoms with Crippen LogP contribution in [-0.4, -0.2) is 5.78 Å². The highest BCUT2D eigenvalue weighted by molar-refractivity contribution is 5.75. The Bertz CT molecular complexity index is 116. The Labute approximate surface area is 63.1 Å². The zero-order valence-electron chi connectivity index (χ0n) is 6.89. The van der Waals surface area contributed by atoms with Crippen LogP contribution in [0.3, 0.4) is 0 Å². The second kappa shape index (κ2) is 5.21. The van der Waals surface area contributed by atoms with Crippen LogP contribution in [0.25, 0.3) is 0 Å². The first-order chi connectivity index (χ1) is 4.66. The quantitative estimate of drug-likeness (QED) is 0.536. The van der Waals surface area contributed by atoms with E-state index in [2.05, 4.69) is 13.5 Å². The number of hydrogen-bond donors (Lipinski definition) is 0. The van der Waals surface area contributed by atoms with Gasteiger partial charge in [-0.3, -0.25) is 0 Å². The molecule has 0 saturated heterocycles. The van der Waals surface area contributed by atoms with E-state index in [1.165, 1.54) is 0 Å². The number of rotatable bonds is 5.